The van der Waals surface area contributed by atoms with Gasteiger partial charge in [-0.1, -0.05) is 19.3 Å². The lowest BCUT2D eigenvalue weighted by Gasteiger charge is -2.33. The summed E-state index contributed by atoms with van der Waals surface area (Å²) in [5.74, 6) is -0.441. The molecule has 112 valence electrons. The smallest absolute Gasteiger partial charge is 0.240 e. The molecule has 1 aromatic rings. The molecule has 0 heterocycles. The molecule has 0 radical (unpaired) electrons. The number of hydrogen-bond donors (Lipinski definition) is 2. The Hall–Kier alpha value is -0.980. The maximum atomic E-state index is 13.0. The monoisotopic (exact) mass is 300 g/mol. The Kier molecular flexibility index (Phi) is 4.46. The number of aryl methyl sites for hydroxylation is 1. The van der Waals surface area contributed by atoms with E-state index in [9.17, 15) is 12.8 Å². The number of benzene rings is 1. The third-order valence-electron chi connectivity index (χ3n) is 3.89. The topological polar surface area (TPSA) is 72.2 Å². The van der Waals surface area contributed by atoms with Crippen molar-refractivity contribution in [1.82, 2.24) is 4.72 Å². The molecule has 2 rings (SSSR count). The van der Waals surface area contributed by atoms with E-state index in [0.29, 0.717) is 5.56 Å². The highest BCUT2D eigenvalue weighted by molar-refractivity contribution is 7.89. The fourth-order valence-corrected chi connectivity index (χ4v) is 4.03. The first kappa shape index (κ1) is 15.4. The van der Waals surface area contributed by atoms with Gasteiger partial charge in [-0.15, -0.1) is 0 Å². The molecule has 0 bridgehead atoms. The van der Waals surface area contributed by atoms with E-state index in [2.05, 4.69) is 4.72 Å². The lowest BCUT2D eigenvalue weighted by Crippen LogP contribution is -2.51. The summed E-state index contributed by atoms with van der Waals surface area (Å²) in [7, 11) is -3.64. The first-order valence-corrected chi connectivity index (χ1v) is 8.35. The molecular weight excluding hydrogens is 279 g/mol. The Morgan fingerprint density at radius 2 is 1.95 bits per heavy atom. The molecule has 0 unspecified atom stereocenters. The minimum absolute atomic E-state index is 0.110. The molecule has 1 aromatic carbocycles. The van der Waals surface area contributed by atoms with Crippen LogP contribution in [0.15, 0.2) is 23.1 Å². The van der Waals surface area contributed by atoms with Crippen LogP contribution in [0.5, 0.6) is 0 Å². The van der Waals surface area contributed by atoms with Gasteiger partial charge in [0.05, 0.1) is 4.90 Å². The Bertz CT molecular complexity index is 581. The second-order valence-corrected chi connectivity index (χ2v) is 7.39. The lowest BCUT2D eigenvalue weighted by molar-refractivity contribution is 0.296. The van der Waals surface area contributed by atoms with Crippen LogP contribution in [-0.2, 0) is 10.0 Å². The quantitative estimate of drug-likeness (QED) is 0.894. The van der Waals surface area contributed by atoms with E-state index < -0.39 is 21.4 Å². The molecule has 0 saturated heterocycles. The van der Waals surface area contributed by atoms with Crippen LogP contribution in [0.2, 0.25) is 0 Å². The fraction of sp³-hybridized carbons (Fsp3) is 0.571. The molecule has 3 N–H and O–H groups in total. The summed E-state index contributed by atoms with van der Waals surface area (Å²) in [5, 5.41) is 0. The molecule has 0 spiro atoms. The Morgan fingerprint density at radius 3 is 2.55 bits per heavy atom. The van der Waals surface area contributed by atoms with Crippen molar-refractivity contribution in [3.8, 4) is 0 Å². The minimum atomic E-state index is -3.64. The minimum Gasteiger partial charge on any atom is -0.324 e. The highest BCUT2D eigenvalue weighted by Crippen LogP contribution is 2.26. The van der Waals surface area contributed by atoms with Crippen molar-refractivity contribution in [1.29, 1.82) is 0 Å². The maximum Gasteiger partial charge on any atom is 0.240 e. The van der Waals surface area contributed by atoms with Crippen molar-refractivity contribution in [2.24, 2.45) is 5.73 Å². The van der Waals surface area contributed by atoms with E-state index in [4.69, 9.17) is 5.73 Å². The summed E-state index contributed by atoms with van der Waals surface area (Å²) >= 11 is 0. The Morgan fingerprint density at radius 1 is 1.30 bits per heavy atom. The SMILES string of the molecule is Cc1cc(F)ccc1S(=O)(=O)NCC1(N)CCCCC1. The van der Waals surface area contributed by atoms with E-state index in [0.717, 1.165) is 38.2 Å². The molecule has 20 heavy (non-hydrogen) atoms. The van der Waals surface area contributed by atoms with E-state index in [1.54, 1.807) is 6.92 Å². The van der Waals surface area contributed by atoms with Crippen LogP contribution >= 0.6 is 0 Å². The molecule has 4 nitrogen and oxygen atoms in total. The number of sulfonamides is 1. The summed E-state index contributed by atoms with van der Waals surface area (Å²) in [5.41, 5.74) is 6.16. The van der Waals surface area contributed by atoms with Gasteiger partial charge in [-0.25, -0.2) is 17.5 Å². The van der Waals surface area contributed by atoms with Crippen LogP contribution < -0.4 is 10.5 Å². The van der Waals surface area contributed by atoms with Gasteiger partial charge in [0.25, 0.3) is 0 Å². The Labute approximate surface area is 119 Å². The van der Waals surface area contributed by atoms with Gasteiger partial charge in [-0.2, -0.15) is 0 Å². The normalized spacial score (nSPS) is 18.9. The lowest BCUT2D eigenvalue weighted by atomic mass is 9.83. The van der Waals surface area contributed by atoms with Gasteiger partial charge in [0.2, 0.25) is 10.0 Å². The second kappa shape index (κ2) is 5.79. The average Bonchev–Trinajstić information content (AvgIpc) is 2.37. The number of nitrogens with two attached hydrogens (primary N) is 1. The summed E-state index contributed by atoms with van der Waals surface area (Å²) in [6.07, 6.45) is 4.89. The molecule has 1 fully saturated rings. The van der Waals surface area contributed by atoms with E-state index >= 15 is 0 Å². The van der Waals surface area contributed by atoms with Crippen molar-refractivity contribution in [2.45, 2.75) is 49.5 Å². The van der Waals surface area contributed by atoms with Crippen molar-refractivity contribution in [3.05, 3.63) is 29.6 Å². The van der Waals surface area contributed by atoms with Gasteiger partial charge in [0.15, 0.2) is 0 Å². The van der Waals surface area contributed by atoms with Gasteiger partial charge >= 0.3 is 0 Å². The number of rotatable bonds is 4. The molecule has 0 atom stereocenters. The van der Waals surface area contributed by atoms with Crippen LogP contribution in [0, 0.1) is 12.7 Å². The third kappa shape index (κ3) is 3.56. The van der Waals surface area contributed by atoms with E-state index in [1.165, 1.54) is 12.1 Å². The van der Waals surface area contributed by atoms with Crippen molar-refractivity contribution < 1.29 is 12.8 Å². The van der Waals surface area contributed by atoms with Crippen LogP contribution in [0.4, 0.5) is 4.39 Å². The molecule has 0 aliphatic heterocycles. The maximum absolute atomic E-state index is 13.0. The third-order valence-corrected chi connectivity index (χ3v) is 5.45. The molecule has 0 amide bonds. The summed E-state index contributed by atoms with van der Waals surface area (Å²) in [6.45, 7) is 1.81. The molecule has 6 heteroatoms. The molecule has 1 aliphatic carbocycles. The van der Waals surface area contributed by atoms with Gasteiger partial charge in [-0.3, -0.25) is 0 Å². The van der Waals surface area contributed by atoms with Gasteiger partial charge in [-0.05, 0) is 43.5 Å². The highest BCUT2D eigenvalue weighted by Gasteiger charge is 2.29. The predicted molar refractivity (Wildman–Crippen MR) is 76.3 cm³/mol. The van der Waals surface area contributed by atoms with E-state index in [-0.39, 0.29) is 11.4 Å². The van der Waals surface area contributed by atoms with E-state index in [1.807, 2.05) is 0 Å². The van der Waals surface area contributed by atoms with Crippen molar-refractivity contribution in [3.63, 3.8) is 0 Å². The molecule has 1 aliphatic rings. The molecule has 0 aromatic heterocycles. The number of nitrogens with one attached hydrogen (secondary N) is 1. The zero-order chi connectivity index (χ0) is 14.8. The van der Waals surface area contributed by atoms with Crippen LogP contribution in [0.1, 0.15) is 37.7 Å². The zero-order valence-corrected chi connectivity index (χ0v) is 12.5. The van der Waals surface area contributed by atoms with Gasteiger partial charge in [0.1, 0.15) is 5.82 Å². The largest absolute Gasteiger partial charge is 0.324 e. The van der Waals surface area contributed by atoms with Gasteiger partial charge < -0.3 is 5.73 Å². The number of hydrogen-bond acceptors (Lipinski definition) is 3. The summed E-state index contributed by atoms with van der Waals surface area (Å²) in [4.78, 5) is 0.110. The first-order valence-electron chi connectivity index (χ1n) is 6.87. The first-order chi connectivity index (χ1) is 9.32. The highest BCUT2D eigenvalue weighted by atomic mass is 32.2. The van der Waals surface area contributed by atoms with Crippen molar-refractivity contribution in [2.75, 3.05) is 6.54 Å². The van der Waals surface area contributed by atoms with Crippen LogP contribution in [0.3, 0.4) is 0 Å². The molecular formula is C14H21FN2O2S. The second-order valence-electron chi connectivity index (χ2n) is 5.66. The summed E-state index contributed by atoms with van der Waals surface area (Å²) < 4.78 is 40.1. The van der Waals surface area contributed by atoms with Crippen molar-refractivity contribution >= 4 is 10.0 Å². The van der Waals surface area contributed by atoms with Crippen LogP contribution in [0.25, 0.3) is 0 Å². The number of halogens is 1. The predicted octanol–water partition coefficient (Wildman–Crippen LogP) is 2.07. The fourth-order valence-electron chi connectivity index (χ4n) is 2.66. The standard InChI is InChI=1S/C14H21FN2O2S/c1-11-9-12(15)5-6-13(11)20(18,19)17-10-14(16)7-3-2-4-8-14/h5-6,9,17H,2-4,7-8,10,16H2,1H3. The Balaban J connectivity index is 2.11. The van der Waals surface area contributed by atoms with Crippen LogP contribution in [-0.4, -0.2) is 20.5 Å². The zero-order valence-electron chi connectivity index (χ0n) is 11.7. The summed E-state index contributed by atoms with van der Waals surface area (Å²) in [6, 6.07) is 3.66. The van der Waals surface area contributed by atoms with Gasteiger partial charge in [0, 0.05) is 12.1 Å². The molecule has 1 saturated carbocycles. The average molecular weight is 300 g/mol.